The number of nitrogens with zero attached hydrogens (tertiary/aromatic N) is 3. The van der Waals surface area contributed by atoms with Crippen LogP contribution in [-0.2, 0) is 12.3 Å². The minimum Gasteiger partial charge on any atom is -0.415 e. The van der Waals surface area contributed by atoms with E-state index in [4.69, 9.17) is 14.7 Å². The molecule has 2 heterocycles. The Balaban J connectivity index is 1.65. The van der Waals surface area contributed by atoms with Crippen LogP contribution < -0.4 is 5.73 Å². The molecule has 1 aromatic carbocycles. The van der Waals surface area contributed by atoms with Gasteiger partial charge in [0.2, 0.25) is 5.89 Å². The number of rotatable bonds is 5. The van der Waals surface area contributed by atoms with Crippen molar-refractivity contribution in [3.05, 3.63) is 48.0 Å². The van der Waals surface area contributed by atoms with E-state index >= 15 is 0 Å². The lowest BCUT2D eigenvalue weighted by Gasteiger charge is -1.91. The Morgan fingerprint density at radius 3 is 2.75 bits per heavy atom. The summed E-state index contributed by atoms with van der Waals surface area (Å²) in [5.74, 6) is 1.77. The molecule has 0 bridgehead atoms. The highest BCUT2D eigenvalue weighted by atomic mass is 32.2. The Labute approximate surface area is 119 Å². The van der Waals surface area contributed by atoms with Crippen molar-refractivity contribution in [2.24, 2.45) is 5.73 Å². The van der Waals surface area contributed by atoms with Gasteiger partial charge in [-0.1, -0.05) is 47.3 Å². The summed E-state index contributed by atoms with van der Waals surface area (Å²) in [7, 11) is 0. The average molecular weight is 288 g/mol. The Morgan fingerprint density at radius 2 is 2.00 bits per heavy atom. The van der Waals surface area contributed by atoms with Gasteiger partial charge in [0.25, 0.3) is 5.22 Å². The van der Waals surface area contributed by atoms with Crippen molar-refractivity contribution in [2.75, 3.05) is 0 Å². The number of aromatic nitrogens is 3. The third-order valence-corrected chi connectivity index (χ3v) is 3.44. The number of hydrogen-bond donors (Lipinski definition) is 1. The van der Waals surface area contributed by atoms with Gasteiger partial charge in [-0.25, -0.2) is 0 Å². The molecular formula is C13H12N4O2S. The van der Waals surface area contributed by atoms with E-state index in [1.54, 1.807) is 0 Å². The lowest BCUT2D eigenvalue weighted by molar-refractivity contribution is 0.414. The van der Waals surface area contributed by atoms with Crippen molar-refractivity contribution >= 4 is 11.8 Å². The van der Waals surface area contributed by atoms with Gasteiger partial charge in [0.1, 0.15) is 0 Å². The highest BCUT2D eigenvalue weighted by Crippen LogP contribution is 2.24. The van der Waals surface area contributed by atoms with Gasteiger partial charge in [-0.05, 0) is 0 Å². The summed E-state index contributed by atoms with van der Waals surface area (Å²) >= 11 is 1.40. The molecule has 2 N–H and O–H groups in total. The average Bonchev–Trinajstić information content (AvgIpc) is 3.15. The second-order valence-corrected chi connectivity index (χ2v) is 4.93. The van der Waals surface area contributed by atoms with Gasteiger partial charge >= 0.3 is 0 Å². The van der Waals surface area contributed by atoms with Gasteiger partial charge in [0, 0.05) is 17.4 Å². The Morgan fingerprint density at radius 1 is 1.15 bits per heavy atom. The molecule has 0 spiro atoms. The molecule has 0 amide bonds. The fourth-order valence-electron chi connectivity index (χ4n) is 1.63. The van der Waals surface area contributed by atoms with E-state index in [9.17, 15) is 0 Å². The summed E-state index contributed by atoms with van der Waals surface area (Å²) in [4.78, 5) is 0. The minimum atomic E-state index is 0.246. The maximum absolute atomic E-state index is 5.41. The van der Waals surface area contributed by atoms with E-state index < -0.39 is 0 Å². The molecule has 3 aromatic rings. The molecule has 0 atom stereocenters. The molecule has 0 saturated carbocycles. The third kappa shape index (κ3) is 2.89. The maximum Gasteiger partial charge on any atom is 0.277 e. The normalized spacial score (nSPS) is 10.8. The van der Waals surface area contributed by atoms with Crippen LogP contribution in [0, 0.1) is 0 Å². The van der Waals surface area contributed by atoms with Crippen LogP contribution in [0.5, 0.6) is 0 Å². The largest absolute Gasteiger partial charge is 0.415 e. The molecular weight excluding hydrogens is 276 g/mol. The summed E-state index contributed by atoms with van der Waals surface area (Å²) in [5.41, 5.74) is 7.23. The number of thioether (sulfide) groups is 1. The SMILES string of the molecule is NCc1nnc(SCc2cc(-c3ccccc3)on2)o1. The maximum atomic E-state index is 5.41. The van der Waals surface area contributed by atoms with E-state index in [0.717, 1.165) is 17.0 Å². The van der Waals surface area contributed by atoms with Crippen LogP contribution in [0.3, 0.4) is 0 Å². The third-order valence-electron chi connectivity index (χ3n) is 2.58. The highest BCUT2D eigenvalue weighted by molar-refractivity contribution is 7.98. The zero-order valence-corrected chi connectivity index (χ0v) is 11.3. The molecule has 102 valence electrons. The van der Waals surface area contributed by atoms with Gasteiger partial charge < -0.3 is 14.7 Å². The predicted molar refractivity (Wildman–Crippen MR) is 73.7 cm³/mol. The van der Waals surface area contributed by atoms with Crippen molar-refractivity contribution in [3.63, 3.8) is 0 Å². The summed E-state index contributed by atoms with van der Waals surface area (Å²) in [5, 5.41) is 12.2. The first kappa shape index (κ1) is 12.9. The second-order valence-electron chi connectivity index (χ2n) is 4.00. The summed E-state index contributed by atoms with van der Waals surface area (Å²) < 4.78 is 10.6. The van der Waals surface area contributed by atoms with Crippen molar-refractivity contribution in [3.8, 4) is 11.3 Å². The van der Waals surface area contributed by atoms with Gasteiger partial charge in [-0.15, -0.1) is 10.2 Å². The first-order valence-electron chi connectivity index (χ1n) is 6.01. The molecule has 0 aliphatic carbocycles. The fraction of sp³-hybridized carbons (Fsp3) is 0.154. The van der Waals surface area contributed by atoms with Crippen LogP contribution in [0.4, 0.5) is 0 Å². The molecule has 7 heteroatoms. The van der Waals surface area contributed by atoms with Crippen molar-refractivity contribution < 1.29 is 8.94 Å². The zero-order valence-electron chi connectivity index (χ0n) is 10.5. The first-order valence-corrected chi connectivity index (χ1v) is 7.00. The van der Waals surface area contributed by atoms with E-state index in [-0.39, 0.29) is 6.54 Å². The van der Waals surface area contributed by atoms with Gasteiger partial charge in [-0.2, -0.15) is 0 Å². The first-order chi connectivity index (χ1) is 9.85. The van der Waals surface area contributed by atoms with Crippen molar-refractivity contribution in [1.29, 1.82) is 0 Å². The van der Waals surface area contributed by atoms with E-state index in [2.05, 4.69) is 15.4 Å². The van der Waals surface area contributed by atoms with Crippen LogP contribution in [0.25, 0.3) is 11.3 Å². The van der Waals surface area contributed by atoms with E-state index in [1.165, 1.54) is 11.8 Å². The monoisotopic (exact) mass is 288 g/mol. The minimum absolute atomic E-state index is 0.246. The number of benzene rings is 1. The Kier molecular flexibility index (Phi) is 3.80. The molecule has 2 aromatic heterocycles. The molecule has 20 heavy (non-hydrogen) atoms. The lowest BCUT2D eigenvalue weighted by Crippen LogP contribution is -1.95. The van der Waals surface area contributed by atoms with Crippen LogP contribution in [-0.4, -0.2) is 15.4 Å². The molecule has 0 saturated heterocycles. The van der Waals surface area contributed by atoms with Crippen molar-refractivity contribution in [1.82, 2.24) is 15.4 Å². The molecule has 0 unspecified atom stereocenters. The number of nitrogens with two attached hydrogens (primary N) is 1. The fourth-order valence-corrected chi connectivity index (χ4v) is 2.29. The quantitative estimate of drug-likeness (QED) is 0.721. The van der Waals surface area contributed by atoms with Crippen LogP contribution >= 0.6 is 11.8 Å². The van der Waals surface area contributed by atoms with Crippen LogP contribution in [0.2, 0.25) is 0 Å². The summed E-state index contributed by atoms with van der Waals surface area (Å²) in [6, 6.07) is 11.7. The second kappa shape index (κ2) is 5.89. The summed E-state index contributed by atoms with van der Waals surface area (Å²) in [6.07, 6.45) is 0. The Bertz CT molecular complexity index is 681. The van der Waals surface area contributed by atoms with Gasteiger partial charge in [0.05, 0.1) is 12.2 Å². The van der Waals surface area contributed by atoms with Gasteiger partial charge in [0.15, 0.2) is 5.76 Å². The standard InChI is InChI=1S/C13H12N4O2S/c14-7-12-15-16-13(18-12)20-8-10-6-11(19-17-10)9-4-2-1-3-5-9/h1-6H,7-8,14H2. The van der Waals surface area contributed by atoms with Crippen LogP contribution in [0.1, 0.15) is 11.6 Å². The smallest absolute Gasteiger partial charge is 0.277 e. The molecule has 0 radical (unpaired) electrons. The molecule has 0 fully saturated rings. The van der Waals surface area contributed by atoms with E-state index in [0.29, 0.717) is 16.9 Å². The van der Waals surface area contributed by atoms with Crippen molar-refractivity contribution in [2.45, 2.75) is 17.5 Å². The molecule has 0 aliphatic rings. The highest BCUT2D eigenvalue weighted by Gasteiger charge is 2.09. The topological polar surface area (TPSA) is 91.0 Å². The van der Waals surface area contributed by atoms with Gasteiger partial charge in [-0.3, -0.25) is 0 Å². The molecule has 3 rings (SSSR count). The Hall–Kier alpha value is -2.12. The number of hydrogen-bond acceptors (Lipinski definition) is 7. The molecule has 6 nitrogen and oxygen atoms in total. The van der Waals surface area contributed by atoms with E-state index in [1.807, 2.05) is 36.4 Å². The lowest BCUT2D eigenvalue weighted by atomic mass is 10.2. The van der Waals surface area contributed by atoms with Crippen LogP contribution in [0.15, 0.2) is 50.6 Å². The zero-order chi connectivity index (χ0) is 13.8. The predicted octanol–water partition coefficient (Wildman–Crippen LogP) is 2.48. The molecule has 0 aliphatic heterocycles. The summed E-state index contributed by atoms with van der Waals surface area (Å²) in [6.45, 7) is 0.246.